The maximum Gasteiger partial charge on any atom is 0.191 e. The van der Waals surface area contributed by atoms with Gasteiger partial charge in [-0.25, -0.2) is 0 Å². The first-order valence-electron chi connectivity index (χ1n) is 10.8. The molecule has 174 valence electrons. The zero-order chi connectivity index (χ0) is 21.1. The second-order valence-electron chi connectivity index (χ2n) is 7.76. The maximum absolute atomic E-state index is 10.8. The van der Waals surface area contributed by atoms with E-state index in [-0.39, 0.29) is 24.0 Å². The molecule has 9 heteroatoms. The van der Waals surface area contributed by atoms with Gasteiger partial charge in [-0.2, -0.15) is 11.3 Å². The van der Waals surface area contributed by atoms with Crippen LogP contribution in [0, 0.1) is 0 Å². The number of thiophene rings is 1. The maximum atomic E-state index is 10.8. The third-order valence-corrected chi connectivity index (χ3v) is 5.94. The van der Waals surface area contributed by atoms with Gasteiger partial charge in [0.15, 0.2) is 5.96 Å². The number of aliphatic imine (C=N–C) groups is 1. The molecule has 2 unspecified atom stereocenters. The van der Waals surface area contributed by atoms with Crippen LogP contribution in [0.4, 0.5) is 0 Å². The predicted octanol–water partition coefficient (Wildman–Crippen LogP) is 2.39. The lowest BCUT2D eigenvalue weighted by Gasteiger charge is -2.33. The fourth-order valence-corrected chi connectivity index (χ4v) is 4.37. The van der Waals surface area contributed by atoms with Crippen LogP contribution in [0.1, 0.15) is 39.3 Å². The molecular formula is C21H40IN5O2S. The SMILES string of the molecule is CCNC(=NCC(C)(O)CN1CCOCC1)NCC(c1ccsc1)N(CC)CC.I. The summed E-state index contributed by atoms with van der Waals surface area (Å²) in [6.07, 6.45) is 0. The van der Waals surface area contributed by atoms with Gasteiger partial charge in [0.05, 0.1) is 31.4 Å². The molecule has 3 N–H and O–H groups in total. The second-order valence-corrected chi connectivity index (χ2v) is 8.54. The average Bonchev–Trinajstić information content (AvgIpc) is 3.24. The fraction of sp³-hybridized carbons (Fsp3) is 0.762. The molecule has 0 spiro atoms. The summed E-state index contributed by atoms with van der Waals surface area (Å²) in [6.45, 7) is 16.0. The number of nitrogens with zero attached hydrogens (tertiary/aromatic N) is 3. The van der Waals surface area contributed by atoms with Crippen molar-refractivity contribution in [1.29, 1.82) is 0 Å². The van der Waals surface area contributed by atoms with Gasteiger partial charge in [-0.1, -0.05) is 13.8 Å². The first kappa shape index (κ1) is 27.6. The minimum absolute atomic E-state index is 0. The minimum atomic E-state index is -0.870. The first-order valence-corrected chi connectivity index (χ1v) is 11.7. The molecule has 30 heavy (non-hydrogen) atoms. The molecule has 0 aromatic carbocycles. The number of nitrogens with one attached hydrogen (secondary N) is 2. The van der Waals surface area contributed by atoms with E-state index >= 15 is 0 Å². The largest absolute Gasteiger partial charge is 0.387 e. The monoisotopic (exact) mass is 553 g/mol. The molecule has 2 atom stereocenters. The molecule has 2 heterocycles. The fourth-order valence-electron chi connectivity index (χ4n) is 3.66. The lowest BCUT2D eigenvalue weighted by Crippen LogP contribution is -2.48. The highest BCUT2D eigenvalue weighted by molar-refractivity contribution is 14.0. The Hall–Kier alpha value is -0.460. The van der Waals surface area contributed by atoms with Crippen molar-refractivity contribution in [2.24, 2.45) is 4.99 Å². The molecule has 1 aromatic rings. The number of likely N-dealkylation sites (N-methyl/N-ethyl adjacent to an activating group) is 1. The quantitative estimate of drug-likeness (QED) is 0.222. The summed E-state index contributed by atoms with van der Waals surface area (Å²) < 4.78 is 5.39. The van der Waals surface area contributed by atoms with Crippen molar-refractivity contribution in [3.05, 3.63) is 22.4 Å². The van der Waals surface area contributed by atoms with Crippen molar-refractivity contribution >= 4 is 41.3 Å². The number of halogens is 1. The summed E-state index contributed by atoms with van der Waals surface area (Å²) in [5, 5.41) is 22.0. The van der Waals surface area contributed by atoms with Gasteiger partial charge in [-0.15, -0.1) is 24.0 Å². The molecule has 0 bridgehead atoms. The van der Waals surface area contributed by atoms with Gasteiger partial charge < -0.3 is 20.5 Å². The molecule has 7 nitrogen and oxygen atoms in total. The molecule has 1 aliphatic rings. The third-order valence-electron chi connectivity index (χ3n) is 5.23. The van der Waals surface area contributed by atoms with Gasteiger partial charge in [-0.05, 0) is 49.3 Å². The summed E-state index contributed by atoms with van der Waals surface area (Å²) in [5.41, 5.74) is 0.465. The summed E-state index contributed by atoms with van der Waals surface area (Å²) in [6, 6.07) is 2.50. The van der Waals surface area contributed by atoms with Gasteiger partial charge in [0.1, 0.15) is 0 Å². The number of hydrogen-bond donors (Lipinski definition) is 3. The van der Waals surface area contributed by atoms with Crippen LogP contribution in [-0.2, 0) is 4.74 Å². The lowest BCUT2D eigenvalue weighted by atomic mass is 10.1. The van der Waals surface area contributed by atoms with Crippen molar-refractivity contribution < 1.29 is 9.84 Å². The zero-order valence-electron chi connectivity index (χ0n) is 18.9. The van der Waals surface area contributed by atoms with E-state index in [1.165, 1.54) is 5.56 Å². The smallest absolute Gasteiger partial charge is 0.191 e. The zero-order valence-corrected chi connectivity index (χ0v) is 22.0. The van der Waals surface area contributed by atoms with E-state index in [1.807, 2.05) is 6.92 Å². The Labute approximate surface area is 203 Å². The van der Waals surface area contributed by atoms with Gasteiger partial charge in [0.2, 0.25) is 0 Å². The highest BCUT2D eigenvalue weighted by Crippen LogP contribution is 2.22. The number of ether oxygens (including phenoxy) is 1. The highest BCUT2D eigenvalue weighted by Gasteiger charge is 2.25. The van der Waals surface area contributed by atoms with Crippen LogP contribution in [0.25, 0.3) is 0 Å². The van der Waals surface area contributed by atoms with Crippen LogP contribution in [0.2, 0.25) is 0 Å². The van der Waals surface area contributed by atoms with Crippen LogP contribution in [0.5, 0.6) is 0 Å². The van der Waals surface area contributed by atoms with E-state index in [0.29, 0.717) is 19.1 Å². The van der Waals surface area contributed by atoms with E-state index in [1.54, 1.807) is 11.3 Å². The van der Waals surface area contributed by atoms with E-state index in [0.717, 1.165) is 58.4 Å². The van der Waals surface area contributed by atoms with Crippen molar-refractivity contribution in [1.82, 2.24) is 20.4 Å². The number of aliphatic hydroxyl groups is 1. The van der Waals surface area contributed by atoms with Gasteiger partial charge in [0, 0.05) is 32.7 Å². The Kier molecular flexibility index (Phi) is 13.4. The molecule has 2 rings (SSSR count). The van der Waals surface area contributed by atoms with E-state index in [9.17, 15) is 5.11 Å². The topological polar surface area (TPSA) is 72.4 Å². The minimum Gasteiger partial charge on any atom is -0.387 e. The molecule has 1 saturated heterocycles. The molecule has 1 aliphatic heterocycles. The molecule has 1 aromatic heterocycles. The van der Waals surface area contributed by atoms with E-state index in [2.05, 4.69) is 63.0 Å². The Morgan fingerprint density at radius 3 is 2.57 bits per heavy atom. The van der Waals surface area contributed by atoms with Gasteiger partial charge >= 0.3 is 0 Å². The number of β-amino-alcohol motifs (C(OH)–C–C–N with tert-alkyl or cyclic N) is 1. The van der Waals surface area contributed by atoms with Crippen LogP contribution < -0.4 is 10.6 Å². The van der Waals surface area contributed by atoms with Crippen LogP contribution >= 0.6 is 35.3 Å². The Morgan fingerprint density at radius 2 is 2.00 bits per heavy atom. The standard InChI is InChI=1S/C21H39N5O2S.HI/c1-5-22-20(24-16-21(4,27)17-25-9-11-28-12-10-25)23-14-19(26(6-2)7-3)18-8-13-29-15-18;/h8,13,15,19,27H,5-7,9-12,14,16-17H2,1-4H3,(H2,22,23,24);1H. The van der Waals surface area contributed by atoms with Crippen molar-refractivity contribution in [2.45, 2.75) is 39.3 Å². The number of morpholine rings is 1. The number of rotatable bonds is 11. The normalized spacial score (nSPS) is 18.5. The Morgan fingerprint density at radius 1 is 1.30 bits per heavy atom. The Balaban J connectivity index is 0.00000450. The predicted molar refractivity (Wildman–Crippen MR) is 137 cm³/mol. The molecule has 1 fully saturated rings. The van der Waals surface area contributed by atoms with Crippen LogP contribution in [-0.4, -0.2) is 92.0 Å². The average molecular weight is 554 g/mol. The lowest BCUT2D eigenvalue weighted by molar-refractivity contribution is -0.0180. The van der Waals surface area contributed by atoms with E-state index < -0.39 is 5.60 Å². The first-order chi connectivity index (χ1) is 14.0. The number of hydrogen-bond acceptors (Lipinski definition) is 6. The summed E-state index contributed by atoms with van der Waals surface area (Å²) in [7, 11) is 0. The summed E-state index contributed by atoms with van der Waals surface area (Å²) >= 11 is 1.73. The van der Waals surface area contributed by atoms with Crippen molar-refractivity contribution in [3.8, 4) is 0 Å². The second kappa shape index (κ2) is 14.6. The van der Waals surface area contributed by atoms with Crippen molar-refractivity contribution in [3.63, 3.8) is 0 Å². The molecule has 0 radical (unpaired) electrons. The number of guanidine groups is 1. The van der Waals surface area contributed by atoms with Gasteiger partial charge in [-0.3, -0.25) is 14.8 Å². The van der Waals surface area contributed by atoms with Gasteiger partial charge in [0.25, 0.3) is 0 Å². The van der Waals surface area contributed by atoms with Crippen molar-refractivity contribution in [2.75, 3.05) is 65.6 Å². The Bertz CT molecular complexity index is 590. The van der Waals surface area contributed by atoms with Crippen LogP contribution in [0.3, 0.4) is 0 Å². The summed E-state index contributed by atoms with van der Waals surface area (Å²) in [4.78, 5) is 9.38. The molecule has 0 aliphatic carbocycles. The third kappa shape index (κ3) is 9.35. The molecule has 0 saturated carbocycles. The molecular weight excluding hydrogens is 513 g/mol. The molecule has 0 amide bonds. The van der Waals surface area contributed by atoms with Crippen LogP contribution in [0.15, 0.2) is 21.8 Å². The summed E-state index contributed by atoms with van der Waals surface area (Å²) in [5.74, 6) is 0.752. The highest BCUT2D eigenvalue weighted by atomic mass is 127. The van der Waals surface area contributed by atoms with E-state index in [4.69, 9.17) is 4.74 Å².